The molecule has 2 unspecified atom stereocenters. The quantitative estimate of drug-likeness (QED) is 0.870. The van der Waals surface area contributed by atoms with Crippen LogP contribution in [0, 0.1) is 17.7 Å². The van der Waals surface area contributed by atoms with Crippen LogP contribution in [0.1, 0.15) is 24.8 Å². The zero-order valence-corrected chi connectivity index (χ0v) is 9.86. The minimum absolute atomic E-state index is 0.0864. The summed E-state index contributed by atoms with van der Waals surface area (Å²) in [4.78, 5) is 12.1. The van der Waals surface area contributed by atoms with Gasteiger partial charge in [-0.3, -0.25) is 4.79 Å². The second-order valence-corrected chi connectivity index (χ2v) is 4.81. The van der Waals surface area contributed by atoms with E-state index in [0.29, 0.717) is 18.9 Å². The molecule has 0 aromatic heterocycles. The van der Waals surface area contributed by atoms with E-state index in [4.69, 9.17) is 5.73 Å². The fraction of sp³-hybridized carbons (Fsp3) is 0.500. The van der Waals surface area contributed by atoms with Crippen LogP contribution in [-0.2, 0) is 11.2 Å². The largest absolute Gasteiger partial charge is 0.330 e. The number of carbonyl (C=O) groups is 1. The summed E-state index contributed by atoms with van der Waals surface area (Å²) >= 11 is 0. The first-order valence-electron chi connectivity index (χ1n) is 6.18. The van der Waals surface area contributed by atoms with Crippen molar-refractivity contribution < 1.29 is 9.18 Å². The van der Waals surface area contributed by atoms with Crippen molar-refractivity contribution in [2.24, 2.45) is 17.6 Å². The van der Waals surface area contributed by atoms with E-state index in [-0.39, 0.29) is 17.5 Å². The molecule has 0 bridgehead atoms. The van der Waals surface area contributed by atoms with E-state index in [1.54, 1.807) is 12.1 Å². The number of rotatable bonds is 4. The molecule has 1 saturated carbocycles. The first kappa shape index (κ1) is 12.2. The summed E-state index contributed by atoms with van der Waals surface area (Å²) in [5.74, 6) is 0.347. The molecule has 2 rings (SSSR count). The average molecular weight is 235 g/mol. The average Bonchev–Trinajstić information content (AvgIpc) is 2.77. The number of benzene rings is 1. The molecule has 1 aliphatic rings. The lowest BCUT2D eigenvalue weighted by Crippen LogP contribution is -2.26. The highest BCUT2D eigenvalue weighted by atomic mass is 19.1. The molecule has 2 N–H and O–H groups in total. The van der Waals surface area contributed by atoms with Gasteiger partial charge in [0, 0.05) is 12.3 Å². The van der Waals surface area contributed by atoms with Gasteiger partial charge in [0.2, 0.25) is 0 Å². The monoisotopic (exact) mass is 235 g/mol. The van der Waals surface area contributed by atoms with Crippen molar-refractivity contribution in [2.75, 3.05) is 6.54 Å². The van der Waals surface area contributed by atoms with Crippen molar-refractivity contribution in [2.45, 2.75) is 25.7 Å². The van der Waals surface area contributed by atoms with E-state index in [1.165, 1.54) is 12.1 Å². The molecular formula is C14H18FNO. The van der Waals surface area contributed by atoms with Crippen molar-refractivity contribution in [3.63, 3.8) is 0 Å². The van der Waals surface area contributed by atoms with E-state index < -0.39 is 0 Å². The van der Waals surface area contributed by atoms with Gasteiger partial charge < -0.3 is 5.73 Å². The van der Waals surface area contributed by atoms with Gasteiger partial charge in [-0.25, -0.2) is 4.39 Å². The summed E-state index contributed by atoms with van der Waals surface area (Å²) in [7, 11) is 0. The number of nitrogens with two attached hydrogens (primary N) is 1. The Kier molecular flexibility index (Phi) is 3.89. The lowest BCUT2D eigenvalue weighted by molar-refractivity contribution is -0.123. The Bertz CT molecular complexity index is 405. The highest BCUT2D eigenvalue weighted by Crippen LogP contribution is 2.32. The lowest BCUT2D eigenvalue weighted by atomic mass is 9.89. The van der Waals surface area contributed by atoms with Gasteiger partial charge in [0.1, 0.15) is 11.6 Å². The molecule has 2 atom stereocenters. The molecule has 0 aliphatic heterocycles. The third-order valence-corrected chi connectivity index (χ3v) is 3.64. The summed E-state index contributed by atoms with van der Waals surface area (Å²) in [6.07, 6.45) is 3.41. The molecule has 3 heteroatoms. The predicted octanol–water partition coefficient (Wildman–Crippen LogP) is 2.31. The highest BCUT2D eigenvalue weighted by molar-refractivity contribution is 5.83. The molecule has 0 amide bonds. The Balaban J connectivity index is 2.01. The zero-order chi connectivity index (χ0) is 12.3. The molecule has 0 heterocycles. The summed E-state index contributed by atoms with van der Waals surface area (Å²) in [5, 5.41) is 0. The van der Waals surface area contributed by atoms with Crippen LogP contribution in [0.15, 0.2) is 24.3 Å². The standard InChI is InChI=1S/C14H18FNO/c15-12-5-1-3-10(7-12)8-14(17)13-6-2-4-11(13)9-16/h1,3,5,7,11,13H,2,4,6,8-9,16H2. The van der Waals surface area contributed by atoms with Gasteiger partial charge in [0.15, 0.2) is 0 Å². The molecule has 17 heavy (non-hydrogen) atoms. The summed E-state index contributed by atoms with van der Waals surface area (Å²) < 4.78 is 13.0. The zero-order valence-electron chi connectivity index (χ0n) is 9.86. The molecule has 2 nitrogen and oxygen atoms in total. The first-order valence-corrected chi connectivity index (χ1v) is 6.18. The minimum atomic E-state index is -0.280. The number of ketones is 1. The molecule has 0 spiro atoms. The first-order chi connectivity index (χ1) is 8.20. The number of Topliss-reactive ketones (excluding diaryl/α,β-unsaturated/α-hetero) is 1. The van der Waals surface area contributed by atoms with Crippen LogP contribution >= 0.6 is 0 Å². The van der Waals surface area contributed by atoms with Crippen molar-refractivity contribution >= 4 is 5.78 Å². The van der Waals surface area contributed by atoms with E-state index in [9.17, 15) is 9.18 Å². The van der Waals surface area contributed by atoms with Gasteiger partial charge in [0.25, 0.3) is 0 Å². The normalized spacial score (nSPS) is 23.9. The Morgan fingerprint density at radius 1 is 1.41 bits per heavy atom. The number of hydrogen-bond donors (Lipinski definition) is 1. The van der Waals surface area contributed by atoms with E-state index >= 15 is 0 Å². The van der Waals surface area contributed by atoms with Gasteiger partial charge in [-0.15, -0.1) is 0 Å². The van der Waals surface area contributed by atoms with E-state index in [2.05, 4.69) is 0 Å². The van der Waals surface area contributed by atoms with Crippen molar-refractivity contribution in [3.05, 3.63) is 35.6 Å². The molecule has 0 saturated heterocycles. The van der Waals surface area contributed by atoms with Crippen LogP contribution < -0.4 is 5.73 Å². The van der Waals surface area contributed by atoms with Crippen LogP contribution in [0.4, 0.5) is 4.39 Å². The van der Waals surface area contributed by atoms with Crippen molar-refractivity contribution in [3.8, 4) is 0 Å². The van der Waals surface area contributed by atoms with E-state index in [1.807, 2.05) is 0 Å². The molecule has 1 aromatic rings. The fourth-order valence-electron chi connectivity index (χ4n) is 2.72. The lowest BCUT2D eigenvalue weighted by Gasteiger charge is -2.16. The van der Waals surface area contributed by atoms with Crippen molar-refractivity contribution in [1.82, 2.24) is 0 Å². The molecule has 1 aliphatic carbocycles. The Labute approximate surface area is 101 Å². The topological polar surface area (TPSA) is 43.1 Å². The predicted molar refractivity (Wildman–Crippen MR) is 65.0 cm³/mol. The second-order valence-electron chi connectivity index (χ2n) is 4.81. The Morgan fingerprint density at radius 3 is 2.94 bits per heavy atom. The molecule has 1 fully saturated rings. The van der Waals surface area contributed by atoms with Crippen LogP contribution in [0.25, 0.3) is 0 Å². The third-order valence-electron chi connectivity index (χ3n) is 3.64. The fourth-order valence-corrected chi connectivity index (χ4v) is 2.72. The van der Waals surface area contributed by atoms with Crippen LogP contribution in [0.2, 0.25) is 0 Å². The second kappa shape index (κ2) is 5.41. The maximum atomic E-state index is 13.0. The van der Waals surface area contributed by atoms with Gasteiger partial charge in [0.05, 0.1) is 0 Å². The maximum absolute atomic E-state index is 13.0. The molecular weight excluding hydrogens is 217 g/mol. The van der Waals surface area contributed by atoms with E-state index in [0.717, 1.165) is 24.8 Å². The highest BCUT2D eigenvalue weighted by Gasteiger charge is 2.31. The third kappa shape index (κ3) is 2.91. The van der Waals surface area contributed by atoms with Crippen LogP contribution in [-0.4, -0.2) is 12.3 Å². The molecule has 1 aromatic carbocycles. The molecule has 0 radical (unpaired) electrons. The summed E-state index contributed by atoms with van der Waals surface area (Å²) in [6, 6.07) is 6.27. The maximum Gasteiger partial charge on any atom is 0.140 e. The van der Waals surface area contributed by atoms with Crippen molar-refractivity contribution in [1.29, 1.82) is 0 Å². The summed E-state index contributed by atoms with van der Waals surface area (Å²) in [5.41, 5.74) is 6.43. The minimum Gasteiger partial charge on any atom is -0.330 e. The number of carbonyl (C=O) groups excluding carboxylic acids is 1. The van der Waals surface area contributed by atoms with Gasteiger partial charge in [-0.05, 0) is 43.0 Å². The summed E-state index contributed by atoms with van der Waals surface area (Å²) in [6.45, 7) is 0.583. The molecule has 92 valence electrons. The van der Waals surface area contributed by atoms with Gasteiger partial charge >= 0.3 is 0 Å². The smallest absolute Gasteiger partial charge is 0.140 e. The SMILES string of the molecule is NCC1CCCC1C(=O)Cc1cccc(F)c1. The number of hydrogen-bond acceptors (Lipinski definition) is 2. The Morgan fingerprint density at radius 2 is 2.24 bits per heavy atom. The Hall–Kier alpha value is -1.22. The van der Waals surface area contributed by atoms with Gasteiger partial charge in [-0.2, -0.15) is 0 Å². The van der Waals surface area contributed by atoms with Crippen LogP contribution in [0.5, 0.6) is 0 Å². The number of halogens is 1. The van der Waals surface area contributed by atoms with Crippen LogP contribution in [0.3, 0.4) is 0 Å². The van der Waals surface area contributed by atoms with Gasteiger partial charge in [-0.1, -0.05) is 18.6 Å².